The summed E-state index contributed by atoms with van der Waals surface area (Å²) >= 11 is 0. The van der Waals surface area contributed by atoms with E-state index in [2.05, 4.69) is 139 Å². The van der Waals surface area contributed by atoms with Crippen LogP contribution in [0.15, 0.2) is 132 Å². The lowest BCUT2D eigenvalue weighted by Crippen LogP contribution is -2.49. The van der Waals surface area contributed by atoms with Crippen molar-refractivity contribution in [1.29, 1.82) is 0 Å². The van der Waals surface area contributed by atoms with E-state index in [4.69, 9.17) is 4.42 Å². The van der Waals surface area contributed by atoms with Gasteiger partial charge in [0.2, 0.25) is 0 Å². The monoisotopic (exact) mass is 541 g/mol. The highest BCUT2D eigenvalue weighted by Gasteiger charge is 2.37. The summed E-state index contributed by atoms with van der Waals surface area (Å²) in [6.07, 6.45) is 0. The maximum atomic E-state index is 6.47. The molecule has 0 atom stereocenters. The van der Waals surface area contributed by atoms with Crippen LogP contribution in [0.1, 0.15) is 0 Å². The molecule has 0 fully saturated rings. The molecule has 3 heteroatoms. The van der Waals surface area contributed by atoms with E-state index >= 15 is 0 Å². The van der Waals surface area contributed by atoms with Crippen molar-refractivity contribution in [3.8, 4) is 27.9 Å². The van der Waals surface area contributed by atoms with Crippen molar-refractivity contribution < 1.29 is 4.42 Å². The highest BCUT2D eigenvalue weighted by Crippen LogP contribution is 2.39. The molecule has 0 radical (unpaired) electrons. The number of hydrogen-bond donors (Lipinski definition) is 0. The fourth-order valence-electron chi connectivity index (χ4n) is 7.20. The maximum absolute atomic E-state index is 6.47. The van der Waals surface area contributed by atoms with Crippen LogP contribution in [0.2, 0.25) is 13.1 Å². The molecule has 3 heterocycles. The molecule has 1 aliphatic rings. The quantitative estimate of drug-likeness (QED) is 0.200. The number of furan rings is 1. The van der Waals surface area contributed by atoms with Crippen molar-refractivity contribution in [3.63, 3.8) is 0 Å². The van der Waals surface area contributed by atoms with E-state index in [0.29, 0.717) is 0 Å². The van der Waals surface area contributed by atoms with E-state index in [1.54, 1.807) is 5.19 Å². The number of aromatic nitrogens is 1. The second kappa shape index (κ2) is 8.09. The summed E-state index contributed by atoms with van der Waals surface area (Å²) in [6.45, 7) is 4.97. The lowest BCUT2D eigenvalue weighted by molar-refractivity contribution is 0.666. The molecule has 41 heavy (non-hydrogen) atoms. The summed E-state index contributed by atoms with van der Waals surface area (Å²) in [4.78, 5) is 0. The van der Waals surface area contributed by atoms with Gasteiger partial charge in [-0.1, -0.05) is 110 Å². The molecule has 2 nitrogen and oxygen atoms in total. The molecule has 6 aromatic carbocycles. The van der Waals surface area contributed by atoms with Gasteiger partial charge < -0.3 is 8.98 Å². The van der Waals surface area contributed by atoms with Crippen LogP contribution in [-0.2, 0) is 0 Å². The Labute approximate surface area is 239 Å². The van der Waals surface area contributed by atoms with Crippen LogP contribution in [0.3, 0.4) is 0 Å². The van der Waals surface area contributed by atoms with Gasteiger partial charge in [0.25, 0.3) is 0 Å². The molecule has 1 aliphatic heterocycles. The number of rotatable bonds is 2. The highest BCUT2D eigenvalue weighted by molar-refractivity contribution is 7.03. The van der Waals surface area contributed by atoms with Crippen molar-refractivity contribution in [2.45, 2.75) is 13.1 Å². The third-order valence-electron chi connectivity index (χ3n) is 9.21. The van der Waals surface area contributed by atoms with Crippen LogP contribution in [0.4, 0.5) is 0 Å². The summed E-state index contributed by atoms with van der Waals surface area (Å²) < 4.78 is 8.84. The molecule has 194 valence electrons. The van der Waals surface area contributed by atoms with Gasteiger partial charge in [-0.15, -0.1) is 0 Å². The molecule has 0 unspecified atom stereocenters. The first-order valence-corrected chi connectivity index (χ1v) is 17.3. The Morgan fingerprint density at radius 3 is 2.12 bits per heavy atom. The van der Waals surface area contributed by atoms with Gasteiger partial charge in [-0.3, -0.25) is 0 Å². The first-order chi connectivity index (χ1) is 20.1. The zero-order valence-corrected chi connectivity index (χ0v) is 24.0. The largest absolute Gasteiger partial charge is 0.454 e. The average molecular weight is 542 g/mol. The minimum atomic E-state index is -1.74. The summed E-state index contributed by atoms with van der Waals surface area (Å²) in [5.41, 5.74) is 10.7. The summed E-state index contributed by atoms with van der Waals surface area (Å²) in [5, 5.41) is 7.89. The first kappa shape index (κ1) is 22.9. The molecule has 8 aromatic rings. The molecule has 2 aromatic heterocycles. The topological polar surface area (TPSA) is 18.1 Å². The number of hydrogen-bond acceptors (Lipinski definition) is 1. The summed E-state index contributed by atoms with van der Waals surface area (Å²) in [5.74, 6) is 0. The Balaban J connectivity index is 1.27. The number of benzene rings is 6. The zero-order chi connectivity index (χ0) is 27.3. The minimum absolute atomic E-state index is 0.920. The Morgan fingerprint density at radius 2 is 1.20 bits per heavy atom. The molecular formula is C38H27NOSi. The molecular weight excluding hydrogens is 515 g/mol. The van der Waals surface area contributed by atoms with E-state index < -0.39 is 8.07 Å². The smallest absolute Gasteiger partial charge is 0.159 e. The van der Waals surface area contributed by atoms with Gasteiger partial charge in [0, 0.05) is 21.5 Å². The van der Waals surface area contributed by atoms with Crippen molar-refractivity contribution in [2.75, 3.05) is 0 Å². The average Bonchev–Trinajstić information content (AvgIpc) is 3.63. The third-order valence-corrected chi connectivity index (χ3v) is 12.8. The molecule has 0 aliphatic carbocycles. The van der Waals surface area contributed by atoms with Gasteiger partial charge in [0.05, 0.1) is 16.7 Å². The predicted octanol–water partition coefficient (Wildman–Crippen LogP) is 9.15. The van der Waals surface area contributed by atoms with Crippen LogP contribution >= 0.6 is 0 Å². The molecule has 0 saturated heterocycles. The second-order valence-corrected chi connectivity index (χ2v) is 16.1. The predicted molar refractivity (Wildman–Crippen MR) is 176 cm³/mol. The number of para-hydroxylation sites is 3. The second-order valence-electron chi connectivity index (χ2n) is 11.8. The van der Waals surface area contributed by atoms with Gasteiger partial charge in [0.1, 0.15) is 13.7 Å². The zero-order valence-electron chi connectivity index (χ0n) is 23.0. The molecule has 9 rings (SSSR count). The van der Waals surface area contributed by atoms with E-state index in [-0.39, 0.29) is 0 Å². The van der Waals surface area contributed by atoms with E-state index in [0.717, 1.165) is 27.6 Å². The third kappa shape index (κ3) is 3.07. The van der Waals surface area contributed by atoms with Crippen molar-refractivity contribution >= 4 is 62.2 Å². The Kier molecular flexibility index (Phi) is 4.52. The fourth-order valence-corrected chi connectivity index (χ4v) is 10.3. The van der Waals surface area contributed by atoms with Crippen molar-refractivity contribution in [3.05, 3.63) is 127 Å². The van der Waals surface area contributed by atoms with E-state index in [1.807, 2.05) is 6.07 Å². The van der Waals surface area contributed by atoms with Crippen LogP contribution in [-0.4, -0.2) is 12.6 Å². The van der Waals surface area contributed by atoms with Gasteiger partial charge in [0.15, 0.2) is 5.58 Å². The van der Waals surface area contributed by atoms with Crippen LogP contribution in [0, 0.1) is 0 Å². The molecule has 0 N–H and O–H groups in total. The number of fused-ring (bicyclic) bond motifs is 9. The van der Waals surface area contributed by atoms with Crippen molar-refractivity contribution in [2.24, 2.45) is 0 Å². The number of nitrogens with zero attached hydrogens (tertiary/aromatic N) is 1. The van der Waals surface area contributed by atoms with Gasteiger partial charge >= 0.3 is 0 Å². The molecule has 0 saturated carbocycles. The van der Waals surface area contributed by atoms with Crippen LogP contribution in [0.25, 0.3) is 71.7 Å². The molecule has 0 spiro atoms. The van der Waals surface area contributed by atoms with Gasteiger partial charge in [-0.05, 0) is 63.0 Å². The normalized spacial score (nSPS) is 13.8. The van der Waals surface area contributed by atoms with Crippen LogP contribution in [0.5, 0.6) is 0 Å². The van der Waals surface area contributed by atoms with Gasteiger partial charge in [-0.25, -0.2) is 0 Å². The molecule has 0 amide bonds. The van der Waals surface area contributed by atoms with Crippen molar-refractivity contribution in [1.82, 2.24) is 4.57 Å². The molecule has 0 bridgehead atoms. The highest BCUT2D eigenvalue weighted by atomic mass is 28.3. The van der Waals surface area contributed by atoms with Crippen LogP contribution < -0.4 is 10.4 Å². The van der Waals surface area contributed by atoms with Gasteiger partial charge in [-0.2, -0.15) is 0 Å². The first-order valence-electron chi connectivity index (χ1n) is 14.3. The standard InChI is InChI=1S/C38H27NOSi/c1-41(2)36-17-8-5-12-28(36)29-20-18-25(23-37(29)41)24-19-21-33-31(22-24)26-10-3-6-14-32(26)39(33)34-15-9-13-30-27-11-4-7-16-35(27)40-38(30)34/h3-23H,1-2H3. The fraction of sp³-hybridized carbons (Fsp3) is 0.0526. The summed E-state index contributed by atoms with van der Waals surface area (Å²) in [6, 6.07) is 46.6. The van der Waals surface area contributed by atoms with E-state index in [1.165, 1.54) is 49.2 Å². The maximum Gasteiger partial charge on any atom is 0.159 e. The lowest BCUT2D eigenvalue weighted by Gasteiger charge is -2.19. The SMILES string of the molecule is C[Si]1(C)c2ccccc2-c2ccc(-c3ccc4c(c3)c3ccccc3n4-c3cccc4c3oc3ccccc34)cc21. The Hall–Kier alpha value is -4.86. The Bertz CT molecular complexity index is 2350. The lowest BCUT2D eigenvalue weighted by atomic mass is 9.99. The summed E-state index contributed by atoms with van der Waals surface area (Å²) in [7, 11) is -1.74. The van der Waals surface area contributed by atoms with E-state index in [9.17, 15) is 0 Å². The minimum Gasteiger partial charge on any atom is -0.454 e. The Morgan fingerprint density at radius 1 is 0.512 bits per heavy atom.